The molecule has 0 aromatic heterocycles. The van der Waals surface area contributed by atoms with E-state index in [4.69, 9.17) is 17.0 Å². The summed E-state index contributed by atoms with van der Waals surface area (Å²) in [7, 11) is 0. The number of rotatable bonds is 3. The number of benzene rings is 1. The molecule has 0 spiro atoms. The second kappa shape index (κ2) is 24.1. The Morgan fingerprint density at radius 2 is 1.29 bits per heavy atom. The predicted molar refractivity (Wildman–Crippen MR) is 240 cm³/mol. The zero-order chi connectivity index (χ0) is 49.7. The van der Waals surface area contributed by atoms with Crippen LogP contribution in [0.5, 0.6) is 5.75 Å². The minimum Gasteiger partial charge on any atom is -0.420 e. The lowest BCUT2D eigenvalue weighted by molar-refractivity contribution is -0.194. The fourth-order valence-electron chi connectivity index (χ4n) is 4.72. The SMILES string of the molecule is C#CC(C)(C)C.C=C1CCC(=O)N1OC(=O)C(C)(C)C.CC.CC(=O)C(N)C(C)(C)C.CC(C)(C)C1SCC2NC(=O)NC21.Cc1c(F)c(F)c(F)c(OC(=O)C(C)(C)C)c1F. The predicted octanol–water partition coefficient (Wildman–Crippen LogP) is 9.97. The average Bonchev–Trinajstić information content (AvgIpc) is 3.81. The minimum atomic E-state index is -1.87. The number of carbonyl (C=O) groups is 5. The van der Waals surface area contributed by atoms with Gasteiger partial charge in [-0.3, -0.25) is 14.4 Å². The maximum Gasteiger partial charge on any atom is 0.338 e. The molecule has 16 heteroatoms. The van der Waals surface area contributed by atoms with Gasteiger partial charge in [0.1, 0.15) is 5.78 Å². The van der Waals surface area contributed by atoms with Crippen LogP contribution < -0.4 is 21.1 Å². The first-order chi connectivity index (χ1) is 27.8. The molecule has 354 valence electrons. The lowest BCUT2D eigenvalue weighted by Gasteiger charge is -2.30. The number of urea groups is 1. The number of nitrogens with zero attached hydrogens (tertiary/aromatic N) is 1. The van der Waals surface area contributed by atoms with Gasteiger partial charge in [-0.05, 0) is 93.4 Å². The normalized spacial score (nSPS) is 18.7. The van der Waals surface area contributed by atoms with Crippen LogP contribution in [0.15, 0.2) is 12.3 Å². The van der Waals surface area contributed by atoms with Crippen molar-refractivity contribution in [1.29, 1.82) is 0 Å². The molecule has 3 amide bonds. The van der Waals surface area contributed by atoms with Crippen LogP contribution in [-0.2, 0) is 24.0 Å². The molecule has 1 aromatic carbocycles. The number of hydrogen-bond acceptors (Lipinski definition) is 9. The fraction of sp³-hybridized carbons (Fsp3) is 0.674. The molecule has 3 saturated heterocycles. The largest absolute Gasteiger partial charge is 0.420 e. The first kappa shape index (κ1) is 60.0. The highest BCUT2D eigenvalue weighted by molar-refractivity contribution is 8.00. The van der Waals surface area contributed by atoms with Crippen LogP contribution in [0, 0.1) is 69.6 Å². The van der Waals surface area contributed by atoms with Crippen molar-refractivity contribution in [3.8, 4) is 18.1 Å². The minimum absolute atomic E-state index is 0.00421. The van der Waals surface area contributed by atoms with E-state index >= 15 is 0 Å². The summed E-state index contributed by atoms with van der Waals surface area (Å²) >= 11 is 1.97. The van der Waals surface area contributed by atoms with Crippen LogP contribution in [0.25, 0.3) is 0 Å². The van der Waals surface area contributed by atoms with Crippen LogP contribution in [0.1, 0.15) is 143 Å². The number of hydrogen-bond donors (Lipinski definition) is 3. The number of esters is 1. The van der Waals surface area contributed by atoms with Gasteiger partial charge < -0.3 is 25.9 Å². The number of carbonyl (C=O) groups excluding carboxylic acids is 5. The van der Waals surface area contributed by atoms with Gasteiger partial charge in [-0.15, -0.1) is 17.4 Å². The topological polar surface area (TPSA) is 157 Å². The Morgan fingerprint density at radius 1 is 0.823 bits per heavy atom. The molecule has 4 rings (SSSR count). The van der Waals surface area contributed by atoms with Crippen molar-refractivity contribution in [3.63, 3.8) is 0 Å². The van der Waals surface area contributed by atoms with Crippen molar-refractivity contribution >= 4 is 41.4 Å². The number of nitrogens with one attached hydrogen (secondary N) is 2. The molecule has 3 aliphatic heterocycles. The Hall–Kier alpha value is -4.10. The van der Waals surface area contributed by atoms with E-state index in [9.17, 15) is 41.5 Å². The van der Waals surface area contributed by atoms with Crippen molar-refractivity contribution in [2.24, 2.45) is 32.8 Å². The molecule has 3 aliphatic rings. The van der Waals surface area contributed by atoms with Gasteiger partial charge in [0.2, 0.25) is 11.6 Å². The summed E-state index contributed by atoms with van der Waals surface area (Å²) in [5, 5.41) is 7.49. The number of hydroxylamine groups is 2. The quantitative estimate of drug-likeness (QED) is 0.0511. The highest BCUT2D eigenvalue weighted by atomic mass is 32.2. The number of nitrogens with two attached hydrogens (primary N) is 1. The van der Waals surface area contributed by atoms with Gasteiger partial charge >= 0.3 is 18.0 Å². The molecule has 4 unspecified atom stereocenters. The third-order valence-corrected chi connectivity index (χ3v) is 10.6. The van der Waals surface area contributed by atoms with E-state index in [0.29, 0.717) is 35.9 Å². The number of thioether (sulfide) groups is 1. The second-order valence-electron chi connectivity index (χ2n) is 20.0. The van der Waals surface area contributed by atoms with Crippen molar-refractivity contribution in [3.05, 3.63) is 41.1 Å². The zero-order valence-corrected chi connectivity index (χ0v) is 41.3. The van der Waals surface area contributed by atoms with Gasteiger partial charge in [0.05, 0.1) is 34.7 Å². The smallest absolute Gasteiger partial charge is 0.338 e. The maximum absolute atomic E-state index is 13.5. The molecule has 4 atom stereocenters. The van der Waals surface area contributed by atoms with Gasteiger partial charge in [0.15, 0.2) is 17.5 Å². The third-order valence-electron chi connectivity index (χ3n) is 8.66. The lowest BCUT2D eigenvalue weighted by atomic mass is 9.85. The average molecular weight is 903 g/mol. The number of fused-ring (bicyclic) bond motifs is 1. The number of terminal acetylenes is 1. The van der Waals surface area contributed by atoms with E-state index in [-0.39, 0.29) is 40.0 Å². The van der Waals surface area contributed by atoms with E-state index in [0.717, 1.165) is 17.7 Å². The Labute approximate surface area is 372 Å². The van der Waals surface area contributed by atoms with Gasteiger partial charge in [0.25, 0.3) is 5.91 Å². The number of ether oxygens (including phenoxy) is 1. The van der Waals surface area contributed by atoms with E-state index in [1.54, 1.807) is 20.8 Å². The monoisotopic (exact) mass is 903 g/mol. The zero-order valence-electron chi connectivity index (χ0n) is 40.5. The molecule has 11 nitrogen and oxygen atoms in total. The van der Waals surface area contributed by atoms with E-state index in [1.807, 2.05) is 67.2 Å². The molecule has 4 N–H and O–H groups in total. The molecular weight excluding hydrogens is 829 g/mol. The van der Waals surface area contributed by atoms with Gasteiger partial charge in [0, 0.05) is 28.4 Å². The summed E-state index contributed by atoms with van der Waals surface area (Å²) in [4.78, 5) is 60.9. The van der Waals surface area contributed by atoms with E-state index in [1.165, 1.54) is 27.7 Å². The molecule has 0 bridgehead atoms. The van der Waals surface area contributed by atoms with Crippen LogP contribution >= 0.6 is 11.8 Å². The highest BCUT2D eigenvalue weighted by Gasteiger charge is 2.47. The highest BCUT2D eigenvalue weighted by Crippen LogP contribution is 2.41. The van der Waals surface area contributed by atoms with E-state index in [2.05, 4.69) is 48.6 Å². The summed E-state index contributed by atoms with van der Waals surface area (Å²) in [6.45, 7) is 38.3. The van der Waals surface area contributed by atoms with E-state index < -0.39 is 57.4 Å². The Bertz CT molecular complexity index is 1730. The summed E-state index contributed by atoms with van der Waals surface area (Å²) < 4.78 is 57.4. The fourth-order valence-corrected chi connectivity index (χ4v) is 6.39. The number of Topliss-reactive ketones (excluding diaryl/α,β-unsaturated/α-hetero) is 1. The van der Waals surface area contributed by atoms with Crippen molar-refractivity contribution in [2.45, 2.75) is 168 Å². The first-order valence-electron chi connectivity index (χ1n) is 20.5. The Balaban J connectivity index is 0. The standard InChI is InChI=1S/C12H12F4O2.C10H15NO3.C9H16N2OS.C7H15NO.C6H10.C2H6/c1-5-6(13)8(15)9(16)10(7(5)14)18-11(17)12(2,3)4;1-7-5-6-8(12)11(7)14-9(13)10(2,3)4;1-9(2,3)7-6-5(4-13-7)10-8(12)11-6;1-5(9)6(8)7(2,3)4;1-5-6(2,3)4;1-2/h1-4H3;1,5-6H2,2-4H3;5-7H,4H2,1-3H3,(H2,10,11,12);6H,8H2,1-4H3;1H,2-4H3;1-2H3. The molecule has 0 aliphatic carbocycles. The molecule has 0 saturated carbocycles. The molecule has 62 heavy (non-hydrogen) atoms. The van der Waals surface area contributed by atoms with Crippen LogP contribution in [-0.4, -0.2) is 63.9 Å². The Morgan fingerprint density at radius 3 is 1.63 bits per heavy atom. The number of amides is 3. The third kappa shape index (κ3) is 19.5. The van der Waals surface area contributed by atoms with Crippen LogP contribution in [0.4, 0.5) is 22.4 Å². The molecule has 3 heterocycles. The van der Waals surface area contributed by atoms with Crippen LogP contribution in [0.3, 0.4) is 0 Å². The maximum atomic E-state index is 13.5. The van der Waals surface area contributed by atoms with Crippen molar-refractivity contribution in [1.82, 2.24) is 15.7 Å². The molecular formula is C46H74F4N4O7S. The summed E-state index contributed by atoms with van der Waals surface area (Å²) in [6.07, 6.45) is 5.99. The Kier molecular flexibility index (Phi) is 23.3. The second-order valence-corrected chi connectivity index (χ2v) is 21.1. The summed E-state index contributed by atoms with van der Waals surface area (Å²) in [6, 6.07) is 0.362. The lowest BCUT2D eigenvalue weighted by Crippen LogP contribution is -2.42. The number of halogens is 4. The van der Waals surface area contributed by atoms with Gasteiger partial charge in [-0.1, -0.05) is 62.0 Å². The number of ketones is 1. The summed E-state index contributed by atoms with van der Waals surface area (Å²) in [5.41, 5.74) is 3.96. The molecule has 0 radical (unpaired) electrons. The van der Waals surface area contributed by atoms with Crippen LogP contribution in [0.2, 0.25) is 0 Å². The van der Waals surface area contributed by atoms with Gasteiger partial charge in [-0.25, -0.2) is 22.8 Å². The molecule has 1 aromatic rings. The summed E-state index contributed by atoms with van der Waals surface area (Å²) in [5.74, 6) is -5.87. The molecule has 3 fully saturated rings. The van der Waals surface area contributed by atoms with Gasteiger partial charge in [-0.2, -0.15) is 16.2 Å². The van der Waals surface area contributed by atoms with Crippen molar-refractivity contribution in [2.75, 3.05) is 5.75 Å². The van der Waals surface area contributed by atoms with Crippen molar-refractivity contribution < 1.29 is 51.1 Å². The first-order valence-corrected chi connectivity index (χ1v) is 21.5. The number of allylic oxidation sites excluding steroid dienone is 1.